The van der Waals surface area contributed by atoms with Gasteiger partial charge in [0.1, 0.15) is 18.1 Å². The van der Waals surface area contributed by atoms with E-state index in [2.05, 4.69) is 20.6 Å². The number of aromatic nitrogens is 3. The third kappa shape index (κ3) is 5.07. The number of carbonyl (C=O) groups excluding carboxylic acids is 1. The summed E-state index contributed by atoms with van der Waals surface area (Å²) in [5, 5.41) is 10.9. The molecule has 0 atom stereocenters. The predicted octanol–water partition coefficient (Wildman–Crippen LogP) is 4.64. The Hall–Kier alpha value is -4.69. The van der Waals surface area contributed by atoms with Crippen molar-refractivity contribution in [3.8, 4) is 16.9 Å². The number of benzene rings is 3. The molecule has 8 heteroatoms. The first kappa shape index (κ1) is 23.7. The zero-order chi connectivity index (χ0) is 25.7. The Morgan fingerprint density at radius 1 is 0.947 bits per heavy atom. The summed E-state index contributed by atoms with van der Waals surface area (Å²) in [6, 6.07) is 27.5. The van der Waals surface area contributed by atoms with E-state index in [0.717, 1.165) is 60.0 Å². The minimum atomic E-state index is -0.262. The highest BCUT2D eigenvalue weighted by Gasteiger charge is 2.18. The maximum atomic E-state index is 13.3. The lowest BCUT2D eigenvalue weighted by Gasteiger charge is -2.31. The summed E-state index contributed by atoms with van der Waals surface area (Å²) in [6.07, 6.45) is 3.53. The van der Waals surface area contributed by atoms with Crippen molar-refractivity contribution in [3.63, 3.8) is 0 Å². The third-order valence-electron chi connectivity index (χ3n) is 6.61. The quantitative estimate of drug-likeness (QED) is 0.336. The highest BCUT2D eigenvalue weighted by Crippen LogP contribution is 2.29. The van der Waals surface area contributed by atoms with Crippen LogP contribution in [0.4, 0.5) is 11.4 Å². The Morgan fingerprint density at radius 2 is 1.76 bits per heavy atom. The molecule has 1 fully saturated rings. The number of ether oxygens (including phenoxy) is 1. The van der Waals surface area contributed by atoms with Crippen molar-refractivity contribution < 1.29 is 9.53 Å². The van der Waals surface area contributed by atoms with Crippen molar-refractivity contribution >= 4 is 22.9 Å². The molecule has 1 amide bonds. The number of nitrogens with one attached hydrogen (secondary N) is 2. The van der Waals surface area contributed by atoms with Crippen molar-refractivity contribution in [3.05, 3.63) is 109 Å². The van der Waals surface area contributed by atoms with Crippen LogP contribution in [-0.2, 0) is 6.61 Å². The maximum absolute atomic E-state index is 13.3. The predicted molar refractivity (Wildman–Crippen MR) is 149 cm³/mol. The number of fused-ring (bicyclic) bond motifs is 1. The Balaban J connectivity index is 1.24. The van der Waals surface area contributed by atoms with Crippen molar-refractivity contribution in [1.82, 2.24) is 19.9 Å². The second kappa shape index (κ2) is 10.7. The van der Waals surface area contributed by atoms with Gasteiger partial charge in [0.25, 0.3) is 5.91 Å². The van der Waals surface area contributed by atoms with Crippen molar-refractivity contribution in [2.24, 2.45) is 0 Å². The summed E-state index contributed by atoms with van der Waals surface area (Å²) >= 11 is 0. The van der Waals surface area contributed by atoms with Gasteiger partial charge < -0.3 is 20.3 Å². The normalized spacial score (nSPS) is 13.4. The van der Waals surface area contributed by atoms with Crippen LogP contribution in [0.1, 0.15) is 16.1 Å². The van der Waals surface area contributed by atoms with Gasteiger partial charge in [-0.05, 0) is 41.5 Å². The molecule has 0 radical (unpaired) electrons. The smallest absolute Gasteiger partial charge is 0.274 e. The van der Waals surface area contributed by atoms with Crippen molar-refractivity contribution in [2.45, 2.75) is 6.61 Å². The molecule has 8 nitrogen and oxygen atoms in total. The fourth-order valence-corrected chi connectivity index (χ4v) is 4.64. The van der Waals surface area contributed by atoms with Gasteiger partial charge in [0.15, 0.2) is 5.65 Å². The fraction of sp³-hybridized carbons (Fsp3) is 0.167. The summed E-state index contributed by atoms with van der Waals surface area (Å²) in [4.78, 5) is 20.3. The monoisotopic (exact) mass is 504 g/mol. The maximum Gasteiger partial charge on any atom is 0.274 e. The molecule has 0 spiro atoms. The van der Waals surface area contributed by atoms with E-state index in [9.17, 15) is 4.79 Å². The van der Waals surface area contributed by atoms with E-state index < -0.39 is 0 Å². The largest absolute Gasteiger partial charge is 0.489 e. The molecule has 6 rings (SSSR count). The zero-order valence-electron chi connectivity index (χ0n) is 20.9. The van der Waals surface area contributed by atoms with E-state index in [1.807, 2.05) is 78.9 Å². The second-order valence-corrected chi connectivity index (χ2v) is 9.15. The van der Waals surface area contributed by atoms with Crippen LogP contribution in [0, 0.1) is 0 Å². The van der Waals surface area contributed by atoms with Gasteiger partial charge in [-0.3, -0.25) is 4.79 Å². The molecule has 3 aromatic carbocycles. The lowest BCUT2D eigenvalue weighted by molar-refractivity contribution is 0.102. The number of hydrogen-bond acceptors (Lipinski definition) is 6. The SMILES string of the molecule is O=C(Nc1ccccc1N1CCNCC1)c1ccn2ncc(-c3cccc(OCc4ccccc4)c3)c2n1. The fourth-order valence-electron chi connectivity index (χ4n) is 4.64. The van der Waals surface area contributed by atoms with E-state index in [0.29, 0.717) is 17.9 Å². The number of para-hydroxylation sites is 2. The molecule has 2 aromatic heterocycles. The molecule has 1 aliphatic heterocycles. The van der Waals surface area contributed by atoms with Crippen LogP contribution >= 0.6 is 0 Å². The number of anilines is 2. The molecular weight excluding hydrogens is 476 g/mol. The summed E-state index contributed by atoms with van der Waals surface area (Å²) in [7, 11) is 0. The molecule has 190 valence electrons. The number of piperazine rings is 1. The van der Waals surface area contributed by atoms with Gasteiger partial charge in [-0.25, -0.2) is 9.50 Å². The molecule has 0 aliphatic carbocycles. The first-order valence-electron chi connectivity index (χ1n) is 12.7. The summed E-state index contributed by atoms with van der Waals surface area (Å²) in [5.41, 5.74) is 5.56. The van der Waals surface area contributed by atoms with Crippen LogP contribution in [0.15, 0.2) is 97.3 Å². The van der Waals surface area contributed by atoms with Crippen LogP contribution in [-0.4, -0.2) is 46.7 Å². The average Bonchev–Trinajstić information content (AvgIpc) is 3.41. The van der Waals surface area contributed by atoms with Gasteiger partial charge >= 0.3 is 0 Å². The summed E-state index contributed by atoms with van der Waals surface area (Å²) in [5.74, 6) is 0.492. The Morgan fingerprint density at radius 3 is 2.63 bits per heavy atom. The van der Waals surface area contributed by atoms with Gasteiger partial charge in [-0.1, -0.05) is 54.6 Å². The van der Waals surface area contributed by atoms with Crippen LogP contribution in [0.25, 0.3) is 16.8 Å². The van der Waals surface area contributed by atoms with Crippen molar-refractivity contribution in [1.29, 1.82) is 0 Å². The molecule has 0 bridgehead atoms. The molecule has 0 saturated carbocycles. The highest BCUT2D eigenvalue weighted by atomic mass is 16.5. The van der Waals surface area contributed by atoms with E-state index in [4.69, 9.17) is 9.72 Å². The van der Waals surface area contributed by atoms with Gasteiger partial charge in [0.05, 0.1) is 17.6 Å². The van der Waals surface area contributed by atoms with E-state index in [1.165, 1.54) is 0 Å². The highest BCUT2D eigenvalue weighted by molar-refractivity contribution is 6.05. The molecule has 2 N–H and O–H groups in total. The summed E-state index contributed by atoms with van der Waals surface area (Å²) < 4.78 is 7.69. The van der Waals surface area contributed by atoms with Crippen LogP contribution in [0.3, 0.4) is 0 Å². The van der Waals surface area contributed by atoms with E-state index in [-0.39, 0.29) is 5.91 Å². The number of rotatable bonds is 7. The average molecular weight is 505 g/mol. The zero-order valence-corrected chi connectivity index (χ0v) is 20.9. The van der Waals surface area contributed by atoms with Crippen LogP contribution in [0.5, 0.6) is 5.75 Å². The molecule has 1 saturated heterocycles. The van der Waals surface area contributed by atoms with Crippen molar-refractivity contribution in [2.75, 3.05) is 36.4 Å². The van der Waals surface area contributed by atoms with Crippen LogP contribution in [0.2, 0.25) is 0 Å². The number of amides is 1. The second-order valence-electron chi connectivity index (χ2n) is 9.15. The van der Waals surface area contributed by atoms with Gasteiger partial charge in [-0.2, -0.15) is 5.10 Å². The molecule has 1 aliphatic rings. The number of nitrogens with zero attached hydrogens (tertiary/aromatic N) is 4. The minimum absolute atomic E-state index is 0.262. The number of hydrogen-bond donors (Lipinski definition) is 2. The first-order valence-corrected chi connectivity index (χ1v) is 12.7. The molecule has 3 heterocycles. The lowest BCUT2D eigenvalue weighted by Crippen LogP contribution is -2.43. The van der Waals surface area contributed by atoms with E-state index >= 15 is 0 Å². The standard InChI is InChI=1S/C30H28N6O2/c37-30(34-26-11-4-5-12-28(26)35-17-14-31-15-18-35)27-13-16-36-29(33-27)25(20-32-36)23-9-6-10-24(19-23)38-21-22-7-2-1-3-8-22/h1-13,16,19-20,31H,14-15,17-18,21H2,(H,34,37). The molecule has 5 aromatic rings. The van der Waals surface area contributed by atoms with Gasteiger partial charge in [0.2, 0.25) is 0 Å². The lowest BCUT2D eigenvalue weighted by atomic mass is 10.1. The molecule has 0 unspecified atom stereocenters. The topological polar surface area (TPSA) is 83.8 Å². The third-order valence-corrected chi connectivity index (χ3v) is 6.61. The van der Waals surface area contributed by atoms with E-state index in [1.54, 1.807) is 23.0 Å². The minimum Gasteiger partial charge on any atom is -0.489 e. The van der Waals surface area contributed by atoms with Gasteiger partial charge in [-0.15, -0.1) is 0 Å². The first-order chi connectivity index (χ1) is 18.7. The number of carbonyl (C=O) groups is 1. The molecular formula is C30H28N6O2. The summed E-state index contributed by atoms with van der Waals surface area (Å²) in [6.45, 7) is 4.11. The Bertz CT molecular complexity index is 1560. The Labute approximate surface area is 220 Å². The van der Waals surface area contributed by atoms with Gasteiger partial charge in [0, 0.05) is 37.9 Å². The Kier molecular flexibility index (Phi) is 6.70. The molecule has 38 heavy (non-hydrogen) atoms. The van der Waals surface area contributed by atoms with Crippen LogP contribution < -0.4 is 20.3 Å².